The highest BCUT2D eigenvalue weighted by Crippen LogP contribution is 2.43. The molecular weight excluding hydrogens is 627 g/mol. The third kappa shape index (κ3) is 3.95. The van der Waals surface area contributed by atoms with Crippen LogP contribution in [0.25, 0.3) is 88.1 Å². The Morgan fingerprint density at radius 1 is 0.431 bits per heavy atom. The molecule has 0 aliphatic carbocycles. The Morgan fingerprint density at radius 3 is 1.71 bits per heavy atom. The van der Waals surface area contributed by atoms with E-state index in [0.717, 1.165) is 76.8 Å². The van der Waals surface area contributed by atoms with Gasteiger partial charge in [-0.25, -0.2) is 0 Å². The second-order valence-corrected chi connectivity index (χ2v) is 12.6. The van der Waals surface area contributed by atoms with Crippen LogP contribution >= 0.6 is 0 Å². The predicted octanol–water partition coefficient (Wildman–Crippen LogP) is 11.1. The quantitative estimate of drug-likeness (QED) is 0.190. The fourth-order valence-electron chi connectivity index (χ4n) is 7.89. The monoisotopic (exact) mass is 649 g/mol. The molecule has 0 N–H and O–H groups in total. The SMILES string of the molecule is N#Cc1ccc(-c2cc(C#N)c(-n3c4ccccc4c4ccc5oc6ccccc6c5c43)cc2C#N)c(-n2c3ccccc3c3ccccc32)c1. The molecule has 234 valence electrons. The standard InChI is InChI=1S/C45H23N5O/c46-24-27-17-18-33(41(21-27)49-37-13-5-1-9-30(37)31-10-2-6-14-38(31)49)36-22-29(26-48)40(23-28(36)25-47)50-39-15-7-3-11-32(39)34-19-20-43-44(45(34)50)35-12-4-8-16-42(35)51-43/h1-23H. The Labute approximate surface area is 291 Å². The van der Waals surface area contributed by atoms with Crippen molar-refractivity contribution in [1.29, 1.82) is 15.8 Å². The van der Waals surface area contributed by atoms with Crippen LogP contribution < -0.4 is 0 Å². The second kappa shape index (κ2) is 10.7. The van der Waals surface area contributed by atoms with Gasteiger partial charge in [0.15, 0.2) is 0 Å². The molecule has 7 aromatic carbocycles. The lowest BCUT2D eigenvalue weighted by molar-refractivity contribution is 0.669. The Hall–Kier alpha value is -7.59. The summed E-state index contributed by atoms with van der Waals surface area (Å²) in [7, 11) is 0. The van der Waals surface area contributed by atoms with E-state index in [2.05, 4.69) is 69.8 Å². The number of rotatable bonds is 3. The smallest absolute Gasteiger partial charge is 0.137 e. The molecule has 6 heteroatoms. The summed E-state index contributed by atoms with van der Waals surface area (Å²) in [5.41, 5.74) is 9.34. The molecule has 3 aromatic heterocycles. The van der Waals surface area contributed by atoms with Gasteiger partial charge in [-0.05, 0) is 60.7 Å². The molecule has 0 bridgehead atoms. The van der Waals surface area contributed by atoms with Gasteiger partial charge in [-0.15, -0.1) is 0 Å². The van der Waals surface area contributed by atoms with Gasteiger partial charge < -0.3 is 13.6 Å². The molecule has 10 aromatic rings. The maximum atomic E-state index is 10.8. The number of fused-ring (bicyclic) bond motifs is 10. The van der Waals surface area contributed by atoms with E-state index in [1.54, 1.807) is 6.07 Å². The first-order chi connectivity index (χ1) is 25.2. The number of furan rings is 1. The number of aromatic nitrogens is 2. The van der Waals surface area contributed by atoms with Crippen LogP contribution in [0.15, 0.2) is 144 Å². The Balaban J connectivity index is 1.30. The van der Waals surface area contributed by atoms with Crippen molar-refractivity contribution in [3.8, 4) is 40.7 Å². The molecule has 0 fully saturated rings. The first-order valence-corrected chi connectivity index (χ1v) is 16.5. The number of para-hydroxylation sites is 4. The van der Waals surface area contributed by atoms with Gasteiger partial charge in [0.05, 0.1) is 67.7 Å². The zero-order valence-corrected chi connectivity index (χ0v) is 26.9. The molecule has 0 aliphatic rings. The molecule has 0 saturated heterocycles. The van der Waals surface area contributed by atoms with Crippen molar-refractivity contribution in [2.75, 3.05) is 0 Å². The summed E-state index contributed by atoms with van der Waals surface area (Å²) in [6, 6.07) is 52.9. The van der Waals surface area contributed by atoms with Gasteiger partial charge in [0, 0.05) is 38.1 Å². The molecule has 6 nitrogen and oxygen atoms in total. The lowest BCUT2D eigenvalue weighted by atomic mass is 9.94. The van der Waals surface area contributed by atoms with Gasteiger partial charge in [0.1, 0.15) is 17.2 Å². The fourth-order valence-corrected chi connectivity index (χ4v) is 7.89. The molecule has 51 heavy (non-hydrogen) atoms. The summed E-state index contributed by atoms with van der Waals surface area (Å²) in [6.07, 6.45) is 0. The first kappa shape index (κ1) is 28.4. The van der Waals surface area contributed by atoms with Crippen molar-refractivity contribution >= 4 is 65.6 Å². The average molecular weight is 650 g/mol. The molecule has 0 spiro atoms. The largest absolute Gasteiger partial charge is 0.456 e. The van der Waals surface area contributed by atoms with Crippen LogP contribution in [-0.2, 0) is 0 Å². The number of hydrogen-bond donors (Lipinski definition) is 0. The molecule has 0 aliphatic heterocycles. The predicted molar refractivity (Wildman–Crippen MR) is 202 cm³/mol. The van der Waals surface area contributed by atoms with Gasteiger partial charge in [-0.1, -0.05) is 78.9 Å². The van der Waals surface area contributed by atoms with E-state index in [4.69, 9.17) is 4.42 Å². The topological polar surface area (TPSA) is 94.4 Å². The number of benzene rings is 7. The van der Waals surface area contributed by atoms with Gasteiger partial charge in [-0.2, -0.15) is 15.8 Å². The van der Waals surface area contributed by atoms with E-state index >= 15 is 0 Å². The average Bonchev–Trinajstić information content (AvgIpc) is 3.85. The summed E-state index contributed by atoms with van der Waals surface area (Å²) < 4.78 is 10.5. The van der Waals surface area contributed by atoms with E-state index < -0.39 is 0 Å². The maximum Gasteiger partial charge on any atom is 0.137 e. The summed E-state index contributed by atoms with van der Waals surface area (Å²) in [5, 5.41) is 37.8. The highest BCUT2D eigenvalue weighted by atomic mass is 16.3. The molecule has 0 unspecified atom stereocenters. The zero-order chi connectivity index (χ0) is 34.2. The van der Waals surface area contributed by atoms with E-state index in [0.29, 0.717) is 27.9 Å². The highest BCUT2D eigenvalue weighted by molar-refractivity contribution is 6.24. The van der Waals surface area contributed by atoms with Gasteiger partial charge >= 0.3 is 0 Å². The lowest BCUT2D eigenvalue weighted by Crippen LogP contribution is -2.03. The van der Waals surface area contributed by atoms with E-state index in [-0.39, 0.29) is 0 Å². The number of hydrogen-bond acceptors (Lipinski definition) is 4. The van der Waals surface area contributed by atoms with Crippen molar-refractivity contribution in [2.24, 2.45) is 0 Å². The van der Waals surface area contributed by atoms with Gasteiger partial charge in [0.25, 0.3) is 0 Å². The van der Waals surface area contributed by atoms with Gasteiger partial charge in [-0.3, -0.25) is 0 Å². The highest BCUT2D eigenvalue weighted by Gasteiger charge is 2.24. The summed E-state index contributed by atoms with van der Waals surface area (Å²) >= 11 is 0. The Bertz CT molecular complexity index is 3190. The lowest BCUT2D eigenvalue weighted by Gasteiger charge is -2.18. The normalized spacial score (nSPS) is 11.5. The Kier molecular flexibility index (Phi) is 5.97. The summed E-state index contributed by atoms with van der Waals surface area (Å²) in [6.45, 7) is 0. The summed E-state index contributed by atoms with van der Waals surface area (Å²) in [5.74, 6) is 0. The van der Waals surface area contributed by atoms with E-state index in [9.17, 15) is 15.8 Å². The molecule has 0 atom stereocenters. The molecule has 0 amide bonds. The van der Waals surface area contributed by atoms with E-state index in [1.807, 2.05) is 91.0 Å². The molecule has 10 rings (SSSR count). The van der Waals surface area contributed by atoms with E-state index in [1.165, 1.54) is 0 Å². The van der Waals surface area contributed by atoms with Crippen LogP contribution in [0.5, 0.6) is 0 Å². The minimum Gasteiger partial charge on any atom is -0.456 e. The maximum absolute atomic E-state index is 10.8. The van der Waals surface area contributed by atoms with Crippen LogP contribution in [0.1, 0.15) is 16.7 Å². The molecule has 0 radical (unpaired) electrons. The third-order valence-corrected chi connectivity index (χ3v) is 10.0. The first-order valence-electron chi connectivity index (χ1n) is 16.5. The van der Waals surface area contributed by atoms with Crippen molar-refractivity contribution in [1.82, 2.24) is 9.13 Å². The molecule has 0 saturated carbocycles. The van der Waals surface area contributed by atoms with Crippen LogP contribution in [0, 0.1) is 34.0 Å². The van der Waals surface area contributed by atoms with Crippen molar-refractivity contribution in [2.45, 2.75) is 0 Å². The number of nitriles is 3. The number of nitrogens with zero attached hydrogens (tertiary/aromatic N) is 5. The zero-order valence-electron chi connectivity index (χ0n) is 26.9. The van der Waals surface area contributed by atoms with Crippen molar-refractivity contribution in [3.05, 3.63) is 156 Å². The minimum atomic E-state index is 0.408. The van der Waals surface area contributed by atoms with Crippen LogP contribution in [0.2, 0.25) is 0 Å². The van der Waals surface area contributed by atoms with Crippen molar-refractivity contribution in [3.63, 3.8) is 0 Å². The minimum absolute atomic E-state index is 0.408. The Morgan fingerprint density at radius 2 is 1.04 bits per heavy atom. The van der Waals surface area contributed by atoms with Crippen LogP contribution in [-0.4, -0.2) is 9.13 Å². The molecular formula is C45H23N5O. The summed E-state index contributed by atoms with van der Waals surface area (Å²) in [4.78, 5) is 0. The fraction of sp³-hybridized carbons (Fsp3) is 0. The third-order valence-electron chi connectivity index (χ3n) is 10.0. The van der Waals surface area contributed by atoms with Gasteiger partial charge in [0.2, 0.25) is 0 Å². The molecule has 3 heterocycles. The van der Waals surface area contributed by atoms with Crippen LogP contribution in [0.4, 0.5) is 0 Å². The van der Waals surface area contributed by atoms with Crippen LogP contribution in [0.3, 0.4) is 0 Å². The van der Waals surface area contributed by atoms with Crippen molar-refractivity contribution < 1.29 is 4.42 Å². The second-order valence-electron chi connectivity index (χ2n) is 12.6.